The first kappa shape index (κ1) is 15.5. The third-order valence-corrected chi connectivity index (χ3v) is 2.85. The number of carbonyl (C=O) groups is 2. The first-order chi connectivity index (χ1) is 8.68. The average Bonchev–Trinajstić information content (AvgIpc) is 2.61. The minimum Gasteiger partial charge on any atom is -0.468 e. The number of rotatable bonds is 3. The molecular formula is C9H9BrF3N3O3. The molecule has 1 heterocycles. The lowest BCUT2D eigenvalue weighted by molar-refractivity contribution is -0.142. The molecule has 1 aromatic heterocycles. The standard InChI is InChI=1S/C9H9BrF3N3O3/c1-16-6(8(18)14-3-4(17)19-2)5(10)7(15-16)9(11,12)13/h3H2,1-2H3,(H,14,18). The summed E-state index contributed by atoms with van der Waals surface area (Å²) in [6, 6.07) is 0. The van der Waals surface area contributed by atoms with Gasteiger partial charge in [-0.05, 0) is 15.9 Å². The number of alkyl halides is 3. The van der Waals surface area contributed by atoms with Crippen molar-refractivity contribution in [3.8, 4) is 0 Å². The summed E-state index contributed by atoms with van der Waals surface area (Å²) in [6.07, 6.45) is -4.68. The molecule has 0 atom stereocenters. The zero-order valence-electron chi connectivity index (χ0n) is 9.84. The van der Waals surface area contributed by atoms with E-state index in [1.54, 1.807) is 0 Å². The van der Waals surface area contributed by atoms with Crippen molar-refractivity contribution in [2.45, 2.75) is 6.18 Å². The van der Waals surface area contributed by atoms with E-state index in [1.165, 1.54) is 7.05 Å². The van der Waals surface area contributed by atoms with Gasteiger partial charge in [-0.15, -0.1) is 0 Å². The number of ether oxygens (including phenoxy) is 1. The Bertz CT molecular complexity index is 513. The van der Waals surface area contributed by atoms with Crippen molar-refractivity contribution in [3.05, 3.63) is 15.9 Å². The van der Waals surface area contributed by atoms with Crippen LogP contribution in [0.25, 0.3) is 0 Å². The maximum atomic E-state index is 12.6. The van der Waals surface area contributed by atoms with E-state index in [4.69, 9.17) is 0 Å². The van der Waals surface area contributed by atoms with Crippen LogP contribution in [-0.2, 0) is 22.8 Å². The Hall–Kier alpha value is -1.58. The van der Waals surface area contributed by atoms with E-state index >= 15 is 0 Å². The molecule has 0 bridgehead atoms. The van der Waals surface area contributed by atoms with Crippen LogP contribution in [0.5, 0.6) is 0 Å². The highest BCUT2D eigenvalue weighted by atomic mass is 79.9. The van der Waals surface area contributed by atoms with Crippen LogP contribution in [0.4, 0.5) is 13.2 Å². The molecule has 0 aromatic carbocycles. The number of halogens is 4. The van der Waals surface area contributed by atoms with Gasteiger partial charge in [0.25, 0.3) is 5.91 Å². The molecule has 0 saturated heterocycles. The van der Waals surface area contributed by atoms with Gasteiger partial charge in [0.15, 0.2) is 5.69 Å². The second kappa shape index (κ2) is 5.59. The Balaban J connectivity index is 2.99. The summed E-state index contributed by atoms with van der Waals surface area (Å²) in [4.78, 5) is 22.5. The number of hydrogen-bond donors (Lipinski definition) is 1. The van der Waals surface area contributed by atoms with Crippen molar-refractivity contribution >= 4 is 27.8 Å². The summed E-state index contributed by atoms with van der Waals surface area (Å²) in [5.74, 6) is -1.59. The molecule has 1 N–H and O–H groups in total. The molecule has 0 spiro atoms. The van der Waals surface area contributed by atoms with Gasteiger partial charge in [0.2, 0.25) is 0 Å². The first-order valence-corrected chi connectivity index (χ1v) is 5.62. The van der Waals surface area contributed by atoms with Gasteiger partial charge in [-0.3, -0.25) is 14.3 Å². The fourth-order valence-electron chi connectivity index (χ4n) is 1.23. The summed E-state index contributed by atoms with van der Waals surface area (Å²) in [7, 11) is 2.31. The van der Waals surface area contributed by atoms with E-state index in [0.717, 1.165) is 11.8 Å². The predicted octanol–water partition coefficient (Wildman–Crippen LogP) is 1.10. The fraction of sp³-hybridized carbons (Fsp3) is 0.444. The minimum atomic E-state index is -4.68. The Kier molecular flexibility index (Phi) is 4.56. The molecule has 1 amide bonds. The van der Waals surface area contributed by atoms with Crippen molar-refractivity contribution in [1.82, 2.24) is 15.1 Å². The lowest BCUT2D eigenvalue weighted by Gasteiger charge is -2.04. The van der Waals surface area contributed by atoms with Crippen molar-refractivity contribution in [3.63, 3.8) is 0 Å². The second-order valence-electron chi connectivity index (χ2n) is 3.39. The number of aromatic nitrogens is 2. The summed E-state index contributed by atoms with van der Waals surface area (Å²) >= 11 is 2.68. The molecule has 0 aliphatic carbocycles. The molecule has 0 aliphatic heterocycles. The Morgan fingerprint density at radius 1 is 1.47 bits per heavy atom. The first-order valence-electron chi connectivity index (χ1n) is 4.83. The van der Waals surface area contributed by atoms with E-state index < -0.39 is 34.8 Å². The monoisotopic (exact) mass is 343 g/mol. The molecule has 0 unspecified atom stereocenters. The fourth-order valence-corrected chi connectivity index (χ4v) is 1.97. The zero-order chi connectivity index (χ0) is 14.8. The third kappa shape index (κ3) is 3.46. The highest BCUT2D eigenvalue weighted by Crippen LogP contribution is 2.35. The summed E-state index contributed by atoms with van der Waals surface area (Å²) in [5.41, 5.74) is -1.55. The topological polar surface area (TPSA) is 73.2 Å². The second-order valence-corrected chi connectivity index (χ2v) is 4.18. The van der Waals surface area contributed by atoms with Crippen LogP contribution in [0.3, 0.4) is 0 Å². The number of hydrogen-bond acceptors (Lipinski definition) is 4. The lowest BCUT2D eigenvalue weighted by atomic mass is 10.3. The summed E-state index contributed by atoms with van der Waals surface area (Å²) < 4.78 is 42.3. The van der Waals surface area contributed by atoms with Crippen LogP contribution in [0, 0.1) is 0 Å². The molecule has 0 aliphatic rings. The van der Waals surface area contributed by atoms with Crippen LogP contribution in [0.1, 0.15) is 16.2 Å². The van der Waals surface area contributed by atoms with Gasteiger partial charge in [0, 0.05) is 7.05 Å². The van der Waals surface area contributed by atoms with E-state index in [9.17, 15) is 22.8 Å². The highest BCUT2D eigenvalue weighted by molar-refractivity contribution is 9.10. The van der Waals surface area contributed by atoms with E-state index in [0.29, 0.717) is 0 Å². The number of nitrogens with zero attached hydrogens (tertiary/aromatic N) is 2. The molecule has 0 saturated carbocycles. The molecule has 19 heavy (non-hydrogen) atoms. The smallest absolute Gasteiger partial charge is 0.436 e. The van der Waals surface area contributed by atoms with Gasteiger partial charge < -0.3 is 10.1 Å². The number of carbonyl (C=O) groups excluding carboxylic acids is 2. The highest BCUT2D eigenvalue weighted by Gasteiger charge is 2.39. The van der Waals surface area contributed by atoms with Gasteiger partial charge in [0.05, 0.1) is 11.6 Å². The Morgan fingerprint density at radius 3 is 2.47 bits per heavy atom. The Morgan fingerprint density at radius 2 is 2.05 bits per heavy atom. The lowest BCUT2D eigenvalue weighted by Crippen LogP contribution is -2.31. The number of nitrogens with one attached hydrogen (secondary N) is 1. The van der Waals surface area contributed by atoms with Crippen LogP contribution in [-0.4, -0.2) is 35.3 Å². The maximum absolute atomic E-state index is 12.6. The van der Waals surface area contributed by atoms with E-state index in [2.05, 4.69) is 31.1 Å². The third-order valence-electron chi connectivity index (χ3n) is 2.09. The van der Waals surface area contributed by atoms with Crippen molar-refractivity contribution in [2.75, 3.05) is 13.7 Å². The van der Waals surface area contributed by atoms with Gasteiger partial charge in [-0.25, -0.2) is 0 Å². The zero-order valence-corrected chi connectivity index (χ0v) is 11.4. The minimum absolute atomic E-state index is 0.337. The molecule has 0 fully saturated rings. The van der Waals surface area contributed by atoms with E-state index in [1.807, 2.05) is 0 Å². The average molecular weight is 344 g/mol. The quantitative estimate of drug-likeness (QED) is 0.834. The van der Waals surface area contributed by atoms with Crippen LogP contribution in [0.2, 0.25) is 0 Å². The van der Waals surface area contributed by atoms with Crippen molar-refractivity contribution in [2.24, 2.45) is 7.05 Å². The SMILES string of the molecule is COC(=O)CNC(=O)c1c(Br)c(C(F)(F)F)nn1C. The number of amides is 1. The molecule has 106 valence electrons. The maximum Gasteiger partial charge on any atom is 0.436 e. The molecule has 1 aromatic rings. The van der Waals surface area contributed by atoms with Gasteiger partial charge >= 0.3 is 12.1 Å². The molecular weight excluding hydrogens is 335 g/mol. The van der Waals surface area contributed by atoms with Gasteiger partial charge in [-0.2, -0.15) is 18.3 Å². The van der Waals surface area contributed by atoms with E-state index in [-0.39, 0.29) is 5.69 Å². The molecule has 6 nitrogen and oxygen atoms in total. The van der Waals surface area contributed by atoms with Gasteiger partial charge in [0.1, 0.15) is 12.2 Å². The number of esters is 1. The van der Waals surface area contributed by atoms with Crippen LogP contribution >= 0.6 is 15.9 Å². The van der Waals surface area contributed by atoms with Crippen LogP contribution < -0.4 is 5.32 Å². The molecule has 0 radical (unpaired) electrons. The normalized spacial score (nSPS) is 11.3. The van der Waals surface area contributed by atoms with Crippen LogP contribution in [0.15, 0.2) is 4.47 Å². The summed E-state index contributed by atoms with van der Waals surface area (Å²) in [5, 5.41) is 5.34. The molecule has 1 rings (SSSR count). The Labute approximate surface area is 114 Å². The van der Waals surface area contributed by atoms with Crippen molar-refractivity contribution < 1.29 is 27.5 Å². The molecule has 10 heteroatoms. The summed E-state index contributed by atoms with van der Waals surface area (Å²) in [6.45, 7) is -0.450. The van der Waals surface area contributed by atoms with Gasteiger partial charge in [-0.1, -0.05) is 0 Å². The number of methoxy groups -OCH3 is 1. The van der Waals surface area contributed by atoms with Crippen molar-refractivity contribution in [1.29, 1.82) is 0 Å². The largest absolute Gasteiger partial charge is 0.468 e. The number of aryl methyl sites for hydroxylation is 1. The predicted molar refractivity (Wildman–Crippen MR) is 60.3 cm³/mol.